The molecule has 3 aromatic carbocycles. The van der Waals surface area contributed by atoms with Crippen molar-refractivity contribution in [3.05, 3.63) is 113 Å². The largest absolute Gasteiger partial charge is 0.494 e. The van der Waals surface area contributed by atoms with Crippen molar-refractivity contribution in [2.75, 3.05) is 25.1 Å². The number of hydrogen-bond acceptors (Lipinski definition) is 4. The molecule has 8 heteroatoms. The third kappa shape index (κ3) is 7.55. The second-order valence-electron chi connectivity index (χ2n) is 8.11. The van der Waals surface area contributed by atoms with Crippen molar-refractivity contribution in [2.24, 2.45) is 0 Å². The number of carbonyl (C=O) groups is 1. The molecule has 0 saturated carbocycles. The van der Waals surface area contributed by atoms with Crippen LogP contribution in [0.15, 0.2) is 91.0 Å². The number of rotatable bonds is 10. The molecule has 5 nitrogen and oxygen atoms in total. The molecule has 0 radical (unpaired) electrons. The monoisotopic (exact) mass is 511 g/mol. The highest BCUT2D eigenvalue weighted by Gasteiger charge is 2.30. The molecule has 0 atom stereocenters. The average molecular weight is 512 g/mol. The summed E-state index contributed by atoms with van der Waals surface area (Å²) in [5.74, 6) is -0.321. The van der Waals surface area contributed by atoms with Gasteiger partial charge in [-0.25, -0.2) is 0 Å². The summed E-state index contributed by atoms with van der Waals surface area (Å²) in [5, 5.41) is 21.7. The second kappa shape index (κ2) is 12.9. The number of hydrogen-bond donors (Lipinski definition) is 3. The molecular formula is C29H28F3NO4. The molecule has 3 N–H and O–H groups in total. The maximum atomic E-state index is 13.0. The van der Waals surface area contributed by atoms with Gasteiger partial charge in [-0.3, -0.25) is 4.79 Å². The third-order valence-electron chi connectivity index (χ3n) is 5.61. The van der Waals surface area contributed by atoms with Gasteiger partial charge in [0.05, 0.1) is 25.4 Å². The lowest BCUT2D eigenvalue weighted by molar-refractivity contribution is -0.137. The fourth-order valence-corrected chi connectivity index (χ4v) is 3.72. The molecular weight excluding hydrogens is 483 g/mol. The highest BCUT2D eigenvalue weighted by atomic mass is 19.4. The van der Waals surface area contributed by atoms with E-state index >= 15 is 0 Å². The van der Waals surface area contributed by atoms with Crippen LogP contribution in [0, 0.1) is 0 Å². The number of anilines is 1. The summed E-state index contributed by atoms with van der Waals surface area (Å²) < 4.78 is 44.6. The minimum Gasteiger partial charge on any atom is -0.494 e. The number of halogens is 3. The first-order valence-corrected chi connectivity index (χ1v) is 11.7. The highest BCUT2D eigenvalue weighted by Crippen LogP contribution is 2.32. The lowest BCUT2D eigenvalue weighted by Crippen LogP contribution is -2.15. The zero-order valence-electron chi connectivity index (χ0n) is 20.2. The highest BCUT2D eigenvalue weighted by molar-refractivity contribution is 6.00. The molecule has 1 amide bonds. The van der Waals surface area contributed by atoms with Crippen LogP contribution in [0.3, 0.4) is 0 Å². The lowest BCUT2D eigenvalue weighted by atomic mass is 9.96. The summed E-state index contributed by atoms with van der Waals surface area (Å²) in [7, 11) is 0. The number of nitrogens with one attached hydrogen (secondary N) is 1. The van der Waals surface area contributed by atoms with Gasteiger partial charge in [-0.05, 0) is 59.5 Å². The van der Waals surface area contributed by atoms with Crippen LogP contribution in [0.4, 0.5) is 18.9 Å². The van der Waals surface area contributed by atoms with Gasteiger partial charge >= 0.3 is 6.18 Å². The summed E-state index contributed by atoms with van der Waals surface area (Å²) in [6.45, 7) is 1.81. The van der Waals surface area contributed by atoms with Crippen LogP contribution in [0.2, 0.25) is 0 Å². The number of allylic oxidation sites excluding steroid dienone is 2. The molecule has 0 saturated heterocycles. The van der Waals surface area contributed by atoms with Crippen LogP contribution in [0.5, 0.6) is 5.75 Å². The molecule has 0 aliphatic rings. The SMILES string of the molecule is CCOc1ccc(/C(=C/C=C/C(=O)Nc2ccccc2C(CO)CO)c2ccc(C(F)(F)F)cc2)cc1. The fourth-order valence-electron chi connectivity index (χ4n) is 3.72. The Labute approximate surface area is 213 Å². The third-order valence-corrected chi connectivity index (χ3v) is 5.61. The Balaban J connectivity index is 1.88. The van der Waals surface area contributed by atoms with Gasteiger partial charge in [0.1, 0.15) is 5.75 Å². The Kier molecular flexibility index (Phi) is 9.65. The lowest BCUT2D eigenvalue weighted by Gasteiger charge is -2.16. The van der Waals surface area contributed by atoms with Crippen LogP contribution in [0.25, 0.3) is 5.57 Å². The van der Waals surface area contributed by atoms with E-state index in [1.54, 1.807) is 54.6 Å². The van der Waals surface area contributed by atoms with E-state index in [0.29, 0.717) is 34.7 Å². The summed E-state index contributed by atoms with van der Waals surface area (Å²) in [6.07, 6.45) is 0.00814. The van der Waals surface area contributed by atoms with E-state index in [2.05, 4.69) is 5.32 Å². The maximum absolute atomic E-state index is 13.0. The molecule has 0 bridgehead atoms. The van der Waals surface area contributed by atoms with E-state index in [0.717, 1.165) is 17.7 Å². The molecule has 0 heterocycles. The molecule has 0 aliphatic heterocycles. The molecule has 0 spiro atoms. The standard InChI is InChI=1S/C29H28F3NO4/c1-2-37-24-16-12-21(13-17-24)25(20-10-14-23(15-11-20)29(30,31)32)7-5-9-28(36)33-27-8-4-3-6-26(27)22(18-34)19-35/h3-17,22,34-35H,2,18-19H2,1H3,(H,33,36)/b9-5+,25-7+. The van der Waals surface area contributed by atoms with Crippen LogP contribution >= 0.6 is 0 Å². The molecule has 194 valence electrons. The molecule has 0 unspecified atom stereocenters. The minimum atomic E-state index is -4.44. The van der Waals surface area contributed by atoms with Gasteiger partial charge in [-0.1, -0.05) is 54.6 Å². The van der Waals surface area contributed by atoms with Crippen molar-refractivity contribution in [3.63, 3.8) is 0 Å². The van der Waals surface area contributed by atoms with Gasteiger partial charge in [0, 0.05) is 17.7 Å². The Morgan fingerprint density at radius 2 is 1.54 bits per heavy atom. The Morgan fingerprint density at radius 1 is 0.946 bits per heavy atom. The summed E-state index contributed by atoms with van der Waals surface area (Å²) in [5.41, 5.74) is 2.20. The first kappa shape index (κ1) is 27.7. The zero-order chi connectivity index (χ0) is 26.8. The Morgan fingerprint density at radius 3 is 2.11 bits per heavy atom. The van der Waals surface area contributed by atoms with Crippen LogP contribution in [-0.4, -0.2) is 35.9 Å². The average Bonchev–Trinajstić information content (AvgIpc) is 2.89. The summed E-state index contributed by atoms with van der Waals surface area (Å²) in [4.78, 5) is 12.6. The van der Waals surface area contributed by atoms with Crippen LogP contribution in [-0.2, 0) is 11.0 Å². The molecule has 3 aromatic rings. The first-order chi connectivity index (χ1) is 17.8. The van der Waals surface area contributed by atoms with Gasteiger partial charge in [-0.2, -0.15) is 13.2 Å². The van der Waals surface area contributed by atoms with Crippen molar-refractivity contribution in [2.45, 2.75) is 19.0 Å². The zero-order valence-corrected chi connectivity index (χ0v) is 20.2. The number of benzene rings is 3. The smallest absolute Gasteiger partial charge is 0.416 e. The van der Waals surface area contributed by atoms with E-state index in [1.165, 1.54) is 24.3 Å². The summed E-state index contributed by atoms with van der Waals surface area (Å²) >= 11 is 0. The number of carbonyl (C=O) groups excluding carboxylic acids is 1. The normalized spacial score (nSPS) is 12.2. The van der Waals surface area contributed by atoms with Crippen LogP contribution in [0.1, 0.15) is 35.1 Å². The van der Waals surface area contributed by atoms with Gasteiger partial charge in [-0.15, -0.1) is 0 Å². The Hall–Kier alpha value is -3.88. The van der Waals surface area contributed by atoms with Gasteiger partial charge in [0.2, 0.25) is 5.91 Å². The first-order valence-electron chi connectivity index (χ1n) is 11.7. The van der Waals surface area contributed by atoms with Gasteiger partial charge in [0.15, 0.2) is 0 Å². The predicted molar refractivity (Wildman–Crippen MR) is 137 cm³/mol. The van der Waals surface area contributed by atoms with Crippen molar-refractivity contribution >= 4 is 17.2 Å². The van der Waals surface area contributed by atoms with Gasteiger partial charge in [0.25, 0.3) is 0 Å². The molecule has 0 fully saturated rings. The Bertz CT molecular complexity index is 1230. The number of ether oxygens (including phenoxy) is 1. The predicted octanol–water partition coefficient (Wildman–Crippen LogP) is 5.80. The van der Waals surface area contributed by atoms with E-state index in [9.17, 15) is 28.2 Å². The molecule has 0 aliphatic carbocycles. The fraction of sp³-hybridized carbons (Fsp3) is 0.207. The van der Waals surface area contributed by atoms with Crippen molar-refractivity contribution in [3.8, 4) is 5.75 Å². The van der Waals surface area contributed by atoms with E-state index in [1.807, 2.05) is 6.92 Å². The number of amides is 1. The maximum Gasteiger partial charge on any atom is 0.416 e. The molecule has 0 aromatic heterocycles. The van der Waals surface area contributed by atoms with E-state index < -0.39 is 23.6 Å². The van der Waals surface area contributed by atoms with Crippen LogP contribution < -0.4 is 10.1 Å². The number of alkyl halides is 3. The number of aliphatic hydroxyl groups is 2. The van der Waals surface area contributed by atoms with E-state index in [-0.39, 0.29) is 13.2 Å². The number of aliphatic hydroxyl groups excluding tert-OH is 2. The minimum absolute atomic E-state index is 0.277. The van der Waals surface area contributed by atoms with Gasteiger partial charge < -0.3 is 20.3 Å². The summed E-state index contributed by atoms with van der Waals surface area (Å²) in [6, 6.07) is 18.8. The second-order valence-corrected chi connectivity index (χ2v) is 8.11. The number of para-hydroxylation sites is 1. The topological polar surface area (TPSA) is 78.8 Å². The molecule has 37 heavy (non-hydrogen) atoms. The van der Waals surface area contributed by atoms with Crippen molar-refractivity contribution in [1.82, 2.24) is 0 Å². The van der Waals surface area contributed by atoms with Crippen molar-refractivity contribution < 1.29 is 32.9 Å². The van der Waals surface area contributed by atoms with E-state index in [4.69, 9.17) is 4.74 Å². The quantitative estimate of drug-likeness (QED) is 0.238. The molecule has 3 rings (SSSR count). The van der Waals surface area contributed by atoms with Crippen molar-refractivity contribution in [1.29, 1.82) is 0 Å².